The molecule has 1 heterocycles. The van der Waals surface area contributed by atoms with Crippen molar-refractivity contribution in [2.75, 3.05) is 7.11 Å². The van der Waals surface area contributed by atoms with Crippen LogP contribution < -0.4 is 4.74 Å². The van der Waals surface area contributed by atoms with Crippen molar-refractivity contribution in [1.82, 2.24) is 0 Å². The molecule has 4 nitrogen and oxygen atoms in total. The summed E-state index contributed by atoms with van der Waals surface area (Å²) in [5, 5.41) is 11.9. The largest absolute Gasteiger partial charge is 0.504 e. The standard InChI is InChI=1S/C22H16O4/c1-25-21-11-14(6-9-19(21)23)10-18-13-20(26-22(18)24)17-8-7-15-4-2-3-5-16(15)12-17/h2-13,23H,1H3. The van der Waals surface area contributed by atoms with E-state index in [-0.39, 0.29) is 5.75 Å². The van der Waals surface area contributed by atoms with Gasteiger partial charge in [-0.1, -0.05) is 42.5 Å². The fraction of sp³-hybridized carbons (Fsp3) is 0.0455. The van der Waals surface area contributed by atoms with Gasteiger partial charge in [-0.25, -0.2) is 4.79 Å². The van der Waals surface area contributed by atoms with Gasteiger partial charge < -0.3 is 14.6 Å². The van der Waals surface area contributed by atoms with Gasteiger partial charge in [0.1, 0.15) is 5.76 Å². The Morgan fingerprint density at radius 1 is 1.00 bits per heavy atom. The van der Waals surface area contributed by atoms with Crippen LogP contribution in [0.2, 0.25) is 0 Å². The molecule has 26 heavy (non-hydrogen) atoms. The molecule has 1 N–H and O–H groups in total. The lowest BCUT2D eigenvalue weighted by atomic mass is 10.0. The van der Waals surface area contributed by atoms with E-state index in [4.69, 9.17) is 9.47 Å². The molecule has 0 aliphatic carbocycles. The first-order chi connectivity index (χ1) is 12.6. The zero-order valence-corrected chi connectivity index (χ0v) is 14.1. The lowest BCUT2D eigenvalue weighted by Crippen LogP contribution is -1.97. The fourth-order valence-corrected chi connectivity index (χ4v) is 2.94. The Kier molecular flexibility index (Phi) is 3.93. The second-order valence-corrected chi connectivity index (χ2v) is 5.99. The molecule has 0 saturated heterocycles. The molecule has 0 aromatic heterocycles. The smallest absolute Gasteiger partial charge is 0.343 e. The number of esters is 1. The molecule has 4 heteroatoms. The minimum absolute atomic E-state index is 0.0519. The molecule has 0 atom stereocenters. The summed E-state index contributed by atoms with van der Waals surface area (Å²) in [5.74, 6) is 0.526. The molecule has 4 rings (SSSR count). The molecule has 0 bridgehead atoms. The van der Waals surface area contributed by atoms with Crippen molar-refractivity contribution in [3.63, 3.8) is 0 Å². The van der Waals surface area contributed by atoms with Gasteiger partial charge in [-0.15, -0.1) is 0 Å². The van der Waals surface area contributed by atoms with Crippen LogP contribution in [-0.4, -0.2) is 18.2 Å². The Morgan fingerprint density at radius 3 is 2.62 bits per heavy atom. The summed E-state index contributed by atoms with van der Waals surface area (Å²) in [6.45, 7) is 0. The highest BCUT2D eigenvalue weighted by Crippen LogP contribution is 2.31. The topological polar surface area (TPSA) is 55.8 Å². The fourth-order valence-electron chi connectivity index (χ4n) is 2.94. The minimum atomic E-state index is -0.403. The van der Waals surface area contributed by atoms with Crippen LogP contribution in [0.25, 0.3) is 22.6 Å². The van der Waals surface area contributed by atoms with Crippen LogP contribution in [0.1, 0.15) is 11.1 Å². The van der Waals surface area contributed by atoms with Crippen molar-refractivity contribution >= 4 is 28.6 Å². The maximum atomic E-state index is 12.2. The van der Waals surface area contributed by atoms with Crippen LogP contribution in [0.5, 0.6) is 11.5 Å². The van der Waals surface area contributed by atoms with E-state index in [1.165, 1.54) is 13.2 Å². The van der Waals surface area contributed by atoms with Crippen molar-refractivity contribution in [3.8, 4) is 11.5 Å². The van der Waals surface area contributed by atoms with Gasteiger partial charge in [-0.2, -0.15) is 0 Å². The quantitative estimate of drug-likeness (QED) is 0.560. The van der Waals surface area contributed by atoms with Crippen LogP contribution in [0.4, 0.5) is 0 Å². The summed E-state index contributed by atoms with van der Waals surface area (Å²) in [7, 11) is 1.48. The summed E-state index contributed by atoms with van der Waals surface area (Å²) in [5.41, 5.74) is 2.03. The van der Waals surface area contributed by atoms with Crippen LogP contribution >= 0.6 is 0 Å². The average Bonchev–Trinajstić information content (AvgIpc) is 3.03. The van der Waals surface area contributed by atoms with Crippen molar-refractivity contribution in [2.45, 2.75) is 0 Å². The van der Waals surface area contributed by atoms with Crippen LogP contribution in [0, 0.1) is 0 Å². The molecule has 0 saturated carbocycles. The van der Waals surface area contributed by atoms with Crippen molar-refractivity contribution in [2.24, 2.45) is 0 Å². The number of cyclic esters (lactones) is 1. The third-order valence-corrected chi connectivity index (χ3v) is 4.28. The van der Waals surface area contributed by atoms with Crippen molar-refractivity contribution in [3.05, 3.63) is 83.4 Å². The normalized spacial score (nSPS) is 15.2. The number of phenolic OH excluding ortho intramolecular Hbond substituents is 1. The molecule has 0 amide bonds. The Morgan fingerprint density at radius 2 is 1.81 bits per heavy atom. The molecular weight excluding hydrogens is 328 g/mol. The molecule has 0 fully saturated rings. The number of methoxy groups -OCH3 is 1. The van der Waals surface area contributed by atoms with Crippen molar-refractivity contribution < 1.29 is 19.4 Å². The molecule has 0 unspecified atom stereocenters. The number of rotatable bonds is 3. The first-order valence-electron chi connectivity index (χ1n) is 8.16. The predicted octanol–water partition coefficient (Wildman–Crippen LogP) is 4.54. The highest BCUT2D eigenvalue weighted by Gasteiger charge is 2.22. The van der Waals surface area contributed by atoms with E-state index in [0.717, 1.165) is 21.9 Å². The number of phenols is 1. The van der Waals surface area contributed by atoms with Crippen LogP contribution in [0.15, 0.2) is 72.3 Å². The second-order valence-electron chi connectivity index (χ2n) is 5.99. The third-order valence-electron chi connectivity index (χ3n) is 4.28. The predicted molar refractivity (Wildman–Crippen MR) is 101 cm³/mol. The number of fused-ring (bicyclic) bond motifs is 1. The Balaban J connectivity index is 1.70. The maximum absolute atomic E-state index is 12.2. The summed E-state index contributed by atoms with van der Waals surface area (Å²) in [4.78, 5) is 12.2. The first-order valence-corrected chi connectivity index (χ1v) is 8.16. The van der Waals surface area contributed by atoms with Crippen molar-refractivity contribution in [1.29, 1.82) is 0 Å². The molecule has 1 aliphatic heterocycles. The minimum Gasteiger partial charge on any atom is -0.504 e. The Bertz CT molecular complexity index is 1080. The summed E-state index contributed by atoms with van der Waals surface area (Å²) < 4.78 is 10.5. The summed E-state index contributed by atoms with van der Waals surface area (Å²) >= 11 is 0. The molecule has 3 aromatic rings. The highest BCUT2D eigenvalue weighted by atomic mass is 16.5. The van der Waals surface area contributed by atoms with E-state index in [1.54, 1.807) is 24.3 Å². The number of hydrogen-bond donors (Lipinski definition) is 1. The monoisotopic (exact) mass is 344 g/mol. The summed E-state index contributed by atoms with van der Waals surface area (Å²) in [6.07, 6.45) is 3.43. The highest BCUT2D eigenvalue weighted by molar-refractivity contribution is 6.05. The molecular formula is C22H16O4. The number of carbonyl (C=O) groups excluding carboxylic acids is 1. The van der Waals surface area contributed by atoms with E-state index in [9.17, 15) is 9.90 Å². The maximum Gasteiger partial charge on any atom is 0.343 e. The van der Waals surface area contributed by atoms with Crippen LogP contribution in [-0.2, 0) is 9.53 Å². The lowest BCUT2D eigenvalue weighted by molar-refractivity contribution is -0.130. The van der Waals surface area contributed by atoms with E-state index >= 15 is 0 Å². The zero-order valence-electron chi connectivity index (χ0n) is 14.1. The Labute approximate surface area is 150 Å². The number of ether oxygens (including phenoxy) is 2. The van der Waals surface area contributed by atoms with Crippen LogP contribution in [0.3, 0.4) is 0 Å². The number of aromatic hydroxyl groups is 1. The molecule has 0 radical (unpaired) electrons. The molecule has 1 aliphatic rings. The second kappa shape index (κ2) is 6.41. The van der Waals surface area contributed by atoms with E-state index < -0.39 is 5.97 Å². The third kappa shape index (κ3) is 2.93. The van der Waals surface area contributed by atoms with Gasteiger partial charge in [0, 0.05) is 5.56 Å². The van der Waals surface area contributed by atoms with Gasteiger partial charge >= 0.3 is 5.97 Å². The van der Waals surface area contributed by atoms with E-state index in [1.807, 2.05) is 42.5 Å². The Hall–Kier alpha value is -3.53. The molecule has 128 valence electrons. The lowest BCUT2D eigenvalue weighted by Gasteiger charge is -2.04. The number of carbonyl (C=O) groups is 1. The molecule has 0 spiro atoms. The van der Waals surface area contributed by atoms with Gasteiger partial charge in [-0.05, 0) is 46.7 Å². The van der Waals surface area contributed by atoms with Gasteiger partial charge in [0.05, 0.1) is 12.7 Å². The summed E-state index contributed by atoms with van der Waals surface area (Å²) in [6, 6.07) is 18.9. The molecule has 3 aromatic carbocycles. The van der Waals surface area contributed by atoms with Gasteiger partial charge in [0.25, 0.3) is 0 Å². The van der Waals surface area contributed by atoms with Gasteiger partial charge in [-0.3, -0.25) is 0 Å². The van der Waals surface area contributed by atoms with Gasteiger partial charge in [0.15, 0.2) is 11.5 Å². The van der Waals surface area contributed by atoms with E-state index in [2.05, 4.69) is 0 Å². The van der Waals surface area contributed by atoms with Gasteiger partial charge in [0.2, 0.25) is 0 Å². The number of benzene rings is 3. The first kappa shape index (κ1) is 16.0. The SMILES string of the molecule is COc1cc(C=C2C=C(c3ccc4ccccc4c3)OC2=O)ccc1O. The average molecular weight is 344 g/mol. The van der Waals surface area contributed by atoms with E-state index in [0.29, 0.717) is 17.1 Å². The zero-order chi connectivity index (χ0) is 18.1. The number of hydrogen-bond acceptors (Lipinski definition) is 4.